The molecule has 4 aliphatic heterocycles. The van der Waals surface area contributed by atoms with E-state index in [0.29, 0.717) is 137 Å². The molecule has 4 aliphatic rings. The number of halogens is 15. The fourth-order valence-electron chi connectivity index (χ4n) is 14.9. The third-order valence-electron chi connectivity index (χ3n) is 20.1. The fourth-order valence-corrected chi connectivity index (χ4v) is 14.9. The highest BCUT2D eigenvalue weighted by Crippen LogP contribution is 2.42. The minimum atomic E-state index is -4.55. The number of carbonyl (C=O) groups excluding carboxylic acids is 7. The van der Waals surface area contributed by atoms with E-state index in [2.05, 4.69) is 25.3 Å². The van der Waals surface area contributed by atoms with E-state index in [4.69, 9.17) is 14.2 Å². The average Bonchev–Trinajstić information content (AvgIpc) is 0.799. The summed E-state index contributed by atoms with van der Waals surface area (Å²) < 4.78 is 176. The van der Waals surface area contributed by atoms with Gasteiger partial charge in [0.15, 0.2) is 0 Å². The Morgan fingerprint density at radius 2 is 0.484 bits per heavy atom. The second-order valence-electron chi connectivity index (χ2n) is 34.4. The van der Waals surface area contributed by atoms with Crippen molar-refractivity contribution in [1.82, 2.24) is 59.6 Å². The van der Waals surface area contributed by atoms with Crippen LogP contribution in [0, 0.1) is 0 Å². The first-order chi connectivity index (χ1) is 55.5. The molecule has 0 bridgehead atoms. The lowest BCUT2D eigenvalue weighted by Gasteiger charge is -2.39. The standard InChI is InChI=1S/3C22H33F3N4O3.C17H25F3N4O.3ClH/c3*1-14(2)29(16(4)30)15(3)18-12-17(22(23,24)25)13-26-19(18)27-8-10-28(11-9-27)20(31)32-21(5,6)7;1-11(2)24(13(4)25)12(3)15-9-14(17(18,19)20)10-22-16(15)23-7-5-21-6-8-23;;;/h3*12-15H,8-11H2,1-7H3;9-12,21H,5-8H2,1-4H3;3*1H/t2*15-;;12-;;;/m10.1.../s1. The summed E-state index contributed by atoms with van der Waals surface area (Å²) in [6.45, 7) is 50.5. The molecule has 4 aromatic rings. The molecule has 0 aromatic carbocycles. The zero-order valence-electron chi connectivity index (χ0n) is 75.6. The molecule has 26 nitrogen and oxygen atoms in total. The first-order valence-corrected chi connectivity index (χ1v) is 40.6. The van der Waals surface area contributed by atoms with Crippen LogP contribution in [0.4, 0.5) is 90.3 Å². The van der Waals surface area contributed by atoms with Crippen LogP contribution in [0.3, 0.4) is 0 Å². The summed E-state index contributed by atoms with van der Waals surface area (Å²) in [5.41, 5.74) is -3.79. The van der Waals surface area contributed by atoms with Gasteiger partial charge in [-0.1, -0.05) is 0 Å². The summed E-state index contributed by atoms with van der Waals surface area (Å²) >= 11 is 0. The highest BCUT2D eigenvalue weighted by molar-refractivity contribution is 5.86. The van der Waals surface area contributed by atoms with E-state index >= 15 is 0 Å². The molecule has 8 rings (SSSR count). The monoisotopic (exact) mass is 1840 g/mol. The second-order valence-corrected chi connectivity index (χ2v) is 34.4. The molecule has 1 unspecified atom stereocenters. The number of ether oxygens (including phenoxy) is 3. The van der Waals surface area contributed by atoms with Crippen LogP contribution in [0.1, 0.15) is 242 Å². The van der Waals surface area contributed by atoms with Crippen molar-refractivity contribution in [3.8, 4) is 0 Å². The van der Waals surface area contributed by atoms with Crippen molar-refractivity contribution < 1.29 is 100 Å². The van der Waals surface area contributed by atoms with Gasteiger partial charge in [0.05, 0.1) is 46.4 Å². The Morgan fingerprint density at radius 3 is 0.629 bits per heavy atom. The number of hydrogen-bond donors (Lipinski definition) is 1. The summed E-state index contributed by atoms with van der Waals surface area (Å²) in [6, 6.07) is 1.30. The number of aromatic nitrogens is 4. The molecule has 4 aromatic heterocycles. The van der Waals surface area contributed by atoms with E-state index in [0.717, 1.165) is 62.1 Å². The van der Waals surface area contributed by atoms with E-state index in [9.17, 15) is 86.2 Å². The van der Waals surface area contributed by atoms with Crippen molar-refractivity contribution in [2.75, 3.05) is 124 Å². The van der Waals surface area contributed by atoms with Crippen LogP contribution in [0.25, 0.3) is 0 Å². The molecule has 41 heteroatoms. The van der Waals surface area contributed by atoms with E-state index in [1.54, 1.807) is 110 Å². The maximum absolute atomic E-state index is 13.4. The molecule has 0 saturated carbocycles. The van der Waals surface area contributed by atoms with Gasteiger partial charge < -0.3 is 73.4 Å². The Labute approximate surface area is 739 Å². The van der Waals surface area contributed by atoms with E-state index in [-0.39, 0.29) is 85.0 Å². The zero-order chi connectivity index (χ0) is 92.1. The highest BCUT2D eigenvalue weighted by Gasteiger charge is 2.42. The number of pyridine rings is 4. The molecular weight excluding hydrogens is 1720 g/mol. The third kappa shape index (κ3) is 31.8. The van der Waals surface area contributed by atoms with Gasteiger partial charge in [-0.25, -0.2) is 34.3 Å². The lowest BCUT2D eigenvalue weighted by Crippen LogP contribution is -2.50. The third-order valence-corrected chi connectivity index (χ3v) is 20.1. The predicted molar refractivity (Wildman–Crippen MR) is 458 cm³/mol. The predicted octanol–water partition coefficient (Wildman–Crippen LogP) is 17.5. The van der Waals surface area contributed by atoms with Gasteiger partial charge in [0.25, 0.3) is 0 Å². The van der Waals surface area contributed by atoms with Crippen molar-refractivity contribution in [3.05, 3.63) is 93.6 Å². The number of anilines is 4. The Bertz CT molecular complexity index is 3830. The minimum Gasteiger partial charge on any atom is -0.444 e. The quantitative estimate of drug-likeness (QED) is 0.0809. The molecule has 4 saturated heterocycles. The summed E-state index contributed by atoms with van der Waals surface area (Å²) in [5.74, 6) is 0.825. The van der Waals surface area contributed by atoms with Gasteiger partial charge in [0, 0.05) is 204 Å². The first kappa shape index (κ1) is 112. The average molecular weight is 1840 g/mol. The molecule has 8 heterocycles. The van der Waals surface area contributed by atoms with E-state index in [1.165, 1.54) is 42.4 Å². The van der Waals surface area contributed by atoms with Crippen LogP contribution in [0.5, 0.6) is 0 Å². The number of rotatable bonds is 16. The van der Waals surface area contributed by atoms with Crippen molar-refractivity contribution in [2.45, 2.75) is 263 Å². The van der Waals surface area contributed by atoms with E-state index in [1.807, 2.05) is 75.0 Å². The van der Waals surface area contributed by atoms with Gasteiger partial charge in [-0.15, -0.1) is 37.2 Å². The van der Waals surface area contributed by atoms with Crippen LogP contribution in [-0.2, 0) is 58.1 Å². The number of hydrogen-bond acceptors (Lipinski definition) is 19. The lowest BCUT2D eigenvalue weighted by molar-refractivity contribution is -0.138. The molecule has 4 fully saturated rings. The van der Waals surface area contributed by atoms with Crippen molar-refractivity contribution in [1.29, 1.82) is 0 Å². The smallest absolute Gasteiger partial charge is 0.417 e. The van der Waals surface area contributed by atoms with Crippen molar-refractivity contribution >= 4 is 102 Å². The number of piperazine rings is 4. The van der Waals surface area contributed by atoms with Crippen LogP contribution >= 0.6 is 37.2 Å². The SMILES string of the molecule is CC(=O)N(C(C)C)C(C)c1cc(C(F)(F)F)cnc1N1CCN(C(=O)OC(C)(C)C)CC1.CC(=O)N(C(C)C)[C@@H](C)c1cc(C(F)(F)F)cnc1N1CCN(C(=O)OC(C)(C)C)CC1.CC(=O)N(C(C)C)[C@H](C)c1cc(C(F)(F)F)cnc1N1CCN(C(=O)OC(C)(C)C)CC1.CC(=O)N(C(C)C)[C@H](C)c1cc(C(F)(F)F)cnc1N1CCNCC1.Cl.Cl.Cl. The molecular formula is C83H127Cl3F12N16O10. The van der Waals surface area contributed by atoms with Gasteiger partial charge in [-0.05, 0) is 170 Å². The Kier molecular flexibility index (Phi) is 41.2. The van der Waals surface area contributed by atoms with Crippen LogP contribution < -0.4 is 24.9 Å². The molecule has 0 aliphatic carbocycles. The summed E-state index contributed by atoms with van der Waals surface area (Å²) in [5, 5.41) is 3.21. The Morgan fingerprint density at radius 1 is 0.315 bits per heavy atom. The van der Waals surface area contributed by atoms with Crippen LogP contribution in [-0.4, -0.2) is 242 Å². The van der Waals surface area contributed by atoms with E-state index < -0.39 is 106 Å². The Balaban J connectivity index is 0.000000558. The topological polar surface area (TPSA) is 246 Å². The molecule has 124 heavy (non-hydrogen) atoms. The minimum absolute atomic E-state index is 0. The van der Waals surface area contributed by atoms with Crippen LogP contribution in [0.15, 0.2) is 49.1 Å². The molecule has 7 amide bonds. The summed E-state index contributed by atoms with van der Waals surface area (Å²) in [6.07, 6.45) is -16.0. The van der Waals surface area contributed by atoms with Crippen LogP contribution in [0.2, 0.25) is 0 Å². The highest BCUT2D eigenvalue weighted by atomic mass is 35.5. The molecule has 1 N–H and O–H groups in total. The number of alkyl halides is 12. The maximum Gasteiger partial charge on any atom is 0.417 e. The number of nitrogens with one attached hydrogen (secondary N) is 1. The molecule has 0 radical (unpaired) electrons. The number of carbonyl (C=O) groups is 7. The first-order valence-electron chi connectivity index (χ1n) is 40.6. The van der Waals surface area contributed by atoms with Gasteiger partial charge in [-0.2, -0.15) is 52.7 Å². The summed E-state index contributed by atoms with van der Waals surface area (Å²) in [7, 11) is 0. The number of amides is 7. The van der Waals surface area contributed by atoms with Gasteiger partial charge in [-0.3, -0.25) is 19.2 Å². The molecule has 4 atom stereocenters. The van der Waals surface area contributed by atoms with Crippen molar-refractivity contribution in [2.24, 2.45) is 0 Å². The van der Waals surface area contributed by atoms with Gasteiger partial charge >= 0.3 is 43.0 Å². The zero-order valence-corrected chi connectivity index (χ0v) is 78.1. The fraction of sp³-hybridized carbons (Fsp3) is 0.675. The van der Waals surface area contributed by atoms with Crippen molar-refractivity contribution in [3.63, 3.8) is 0 Å². The summed E-state index contributed by atoms with van der Waals surface area (Å²) in [4.78, 5) is 121. The molecule has 704 valence electrons. The lowest BCUT2D eigenvalue weighted by atomic mass is 10.0. The number of nitrogens with zero attached hydrogens (tertiary/aromatic N) is 15. The normalized spacial score (nSPS) is 16.0. The second kappa shape index (κ2) is 45.8. The Hall–Kier alpha value is -8.52. The van der Waals surface area contributed by atoms with Gasteiger partial charge in [0.2, 0.25) is 23.6 Å². The largest absolute Gasteiger partial charge is 0.444 e. The molecule has 0 spiro atoms. The maximum atomic E-state index is 13.4. The van der Waals surface area contributed by atoms with Gasteiger partial charge in [0.1, 0.15) is 40.1 Å².